The summed E-state index contributed by atoms with van der Waals surface area (Å²) in [5.74, 6) is -117. The predicted octanol–water partition coefficient (Wildman–Crippen LogP) is 25.9. The lowest BCUT2D eigenvalue weighted by Crippen LogP contribution is -2.29. The lowest BCUT2D eigenvalue weighted by atomic mass is 9.95. The van der Waals surface area contributed by atoms with E-state index in [-0.39, 0.29) is 0 Å². The molecule has 0 bridgehead atoms. The Morgan fingerprint density at radius 1 is 0.125 bits per heavy atom. The molecule has 602 valence electrons. The third-order valence-electron chi connectivity index (χ3n) is 15.1. The van der Waals surface area contributed by atoms with Crippen LogP contribution in [-0.4, -0.2) is 0 Å². The molecule has 9 rings (SSSR count). The van der Waals surface area contributed by atoms with Gasteiger partial charge in [-0.25, -0.2) is 132 Å². The number of rotatable bonds is 12. The average Bonchev–Trinajstić information content (AvgIpc) is 0.714. The van der Waals surface area contributed by atoms with Crippen LogP contribution < -0.4 is 19.6 Å². The first kappa shape index (κ1) is 84.8. The van der Waals surface area contributed by atoms with Crippen LogP contribution in [0.15, 0.2) is 36.4 Å². The van der Waals surface area contributed by atoms with E-state index in [9.17, 15) is 26.3 Å². The molecule has 9 aromatic rings. The molecule has 112 heavy (non-hydrogen) atoms. The van der Waals surface area contributed by atoms with Gasteiger partial charge in [-0.1, -0.05) is 0 Å². The second-order valence-corrected chi connectivity index (χ2v) is 21.5. The Hall–Kier alpha value is -11.2. The Kier molecular flexibility index (Phi) is 21.2. The van der Waals surface area contributed by atoms with Crippen LogP contribution in [0.5, 0.6) is 0 Å². The van der Waals surface area contributed by atoms with Crippen LogP contribution in [0.3, 0.4) is 0 Å². The molecule has 0 unspecified atom stereocenters. The summed E-state index contributed by atoms with van der Waals surface area (Å²) >= 11 is 0. The van der Waals surface area contributed by atoms with Crippen LogP contribution in [0.2, 0.25) is 0 Å². The number of halogens is 48. The Morgan fingerprint density at radius 2 is 0.205 bits per heavy atom. The molecule has 0 saturated heterocycles. The minimum absolute atomic E-state index is 2.23. The fraction of sp³-hybridized carbons (Fsp3) is 0.100. The zero-order chi connectivity index (χ0) is 85.3. The van der Waals surface area contributed by atoms with Gasteiger partial charge in [-0.3, -0.25) is 14.7 Å². The normalized spacial score (nSPS) is 12.6. The molecular weight excluding hydrogens is 1690 g/mol. The second-order valence-electron chi connectivity index (χ2n) is 21.5. The Bertz CT molecular complexity index is 4560. The maximum Gasteiger partial charge on any atom is 0.418 e. The molecule has 0 heterocycles. The van der Waals surface area contributed by atoms with Crippen molar-refractivity contribution in [3.05, 3.63) is 244 Å². The van der Waals surface area contributed by atoms with Crippen LogP contribution in [0.4, 0.5) is 279 Å². The predicted molar refractivity (Wildman–Crippen MR) is 274 cm³/mol. The highest BCUT2D eigenvalue weighted by Gasteiger charge is 2.53. The van der Waals surface area contributed by atoms with E-state index in [0.29, 0.717) is 0 Å². The molecule has 0 radical (unpaired) electrons. The van der Waals surface area contributed by atoms with E-state index in [1.165, 1.54) is 0 Å². The summed E-state index contributed by atoms with van der Waals surface area (Å²) in [5.41, 5.74) is -73.8. The van der Waals surface area contributed by atoms with Crippen LogP contribution in [-0.2, 0) is 37.1 Å². The smallest absolute Gasteiger partial charge is 0.309 e. The maximum atomic E-state index is 16.4. The molecule has 0 atom stereocenters. The zero-order valence-electron chi connectivity index (χ0n) is 50.4. The van der Waals surface area contributed by atoms with E-state index in [1.54, 1.807) is 0 Å². The quantitative estimate of drug-likeness (QED) is 0.0687. The summed E-state index contributed by atoms with van der Waals surface area (Å²) in [6, 6.07) is -13.6. The highest BCUT2D eigenvalue weighted by Crippen LogP contribution is 2.61. The topological polar surface area (TPSA) is 13.0 Å². The first-order valence-electron chi connectivity index (χ1n) is 27.2. The average molecular weight is 1690 g/mol. The fourth-order valence-corrected chi connectivity index (χ4v) is 10.4. The largest absolute Gasteiger partial charge is 0.418 e. The van der Waals surface area contributed by atoms with Crippen molar-refractivity contribution in [3.63, 3.8) is 0 Å². The monoisotopic (exact) mass is 1690 g/mol. The summed E-state index contributed by atoms with van der Waals surface area (Å²) < 4.78 is 753. The van der Waals surface area contributed by atoms with E-state index in [2.05, 4.69) is 0 Å². The Morgan fingerprint density at radius 3 is 0.295 bits per heavy atom. The third kappa shape index (κ3) is 13.5. The van der Waals surface area contributed by atoms with Crippen molar-refractivity contribution in [2.45, 2.75) is 37.1 Å². The number of hydrogen-bond donors (Lipinski definition) is 0. The van der Waals surface area contributed by atoms with E-state index in [1.807, 2.05) is 0 Å². The van der Waals surface area contributed by atoms with E-state index < -0.39 is 369 Å². The van der Waals surface area contributed by atoms with E-state index >= 15 is 184 Å². The SMILES string of the molecule is Fc1c(F)c(F)c(N(c2cc(C(F)(F)F)c(N(c3cc(C(F)(F)F)c(N(c4c(F)c(F)c(F)c(F)c4F)c4c(F)c(F)c(F)c(F)c4F)cc3C(F)(F)F)c3cc(C(F)(F)F)c(N(c4c(F)c(F)c(F)c(F)c4F)c4c(F)c(F)c(F)c(F)c4F)cc3C(F)(F)F)cc2C(F)(F)F)c2c(F)c(F)c(F)c(F)c2F)c(F)c1F. The van der Waals surface area contributed by atoms with Gasteiger partial charge in [-0.15, -0.1) is 0 Å². The molecular formula is C60H6F48N4. The number of alkyl halides is 18. The van der Waals surface area contributed by atoms with Gasteiger partial charge in [0.25, 0.3) is 0 Å². The lowest BCUT2D eigenvalue weighted by molar-refractivity contribution is -0.141. The highest BCUT2D eigenvalue weighted by molar-refractivity contribution is 5.93. The van der Waals surface area contributed by atoms with Crippen molar-refractivity contribution in [3.8, 4) is 0 Å². The number of hydrogen-bond acceptors (Lipinski definition) is 4. The Balaban J connectivity index is 1.69. The van der Waals surface area contributed by atoms with Gasteiger partial charge in [0.1, 0.15) is 34.1 Å². The summed E-state index contributed by atoms with van der Waals surface area (Å²) in [5, 5.41) is 0. The zero-order valence-corrected chi connectivity index (χ0v) is 50.4. The highest BCUT2D eigenvalue weighted by atomic mass is 19.4. The maximum absolute atomic E-state index is 16.4. The fourth-order valence-electron chi connectivity index (χ4n) is 10.4. The first-order chi connectivity index (χ1) is 51.0. The lowest BCUT2D eigenvalue weighted by Gasteiger charge is -2.37. The van der Waals surface area contributed by atoms with Gasteiger partial charge in [0.2, 0.25) is 34.9 Å². The Labute approximate surface area is 579 Å². The first-order valence-corrected chi connectivity index (χ1v) is 27.2. The van der Waals surface area contributed by atoms with Crippen LogP contribution in [0.1, 0.15) is 33.4 Å². The van der Waals surface area contributed by atoms with Crippen molar-refractivity contribution < 1.29 is 211 Å². The van der Waals surface area contributed by atoms with E-state index in [0.717, 1.165) is 0 Å². The van der Waals surface area contributed by atoms with Gasteiger partial charge in [-0.2, -0.15) is 79.0 Å². The molecule has 0 aromatic heterocycles. The van der Waals surface area contributed by atoms with Crippen molar-refractivity contribution >= 4 is 68.2 Å². The van der Waals surface area contributed by atoms with Gasteiger partial charge < -0.3 is 4.90 Å². The molecule has 0 aliphatic carbocycles. The van der Waals surface area contributed by atoms with Gasteiger partial charge in [0.05, 0.1) is 67.5 Å². The molecule has 0 aliphatic rings. The van der Waals surface area contributed by atoms with Crippen molar-refractivity contribution in [1.29, 1.82) is 0 Å². The molecule has 0 spiro atoms. The molecule has 4 nitrogen and oxygen atoms in total. The standard InChI is InChI=1S/C60H6F48N4/c61-19-25(67)37(79)49(38(80)26(19)68)110(50-39(81)27(69)20(62)28(70)40(50)82)16-4-7(55(91,92)93)13(1-10(16)58(100,101)102)109(14-2-11(59(103,104)105)17(5-8(14)56(94,95)96)111(51-41(83)29(71)21(63)30(72)42(51)84)52-43(85)31(73)22(64)32(74)44(52)86)15-3-12(60(106,107)108)18(6-9(15)57(97,98)99)112(53-45(87)33(75)23(65)34(76)46(53)88)54-47(89)35(77)24(66)36(78)48(54)90/h1-6H. The second kappa shape index (κ2) is 27.9. The molecule has 0 saturated carbocycles. The van der Waals surface area contributed by atoms with Crippen molar-refractivity contribution in [2.75, 3.05) is 19.6 Å². The number of benzene rings is 9. The summed E-state index contributed by atoms with van der Waals surface area (Å²) in [6.45, 7) is 0. The van der Waals surface area contributed by atoms with Crippen LogP contribution in [0.25, 0.3) is 0 Å². The minimum atomic E-state index is -7.83. The number of anilines is 12. The molecule has 0 N–H and O–H groups in total. The molecule has 9 aromatic carbocycles. The molecule has 0 amide bonds. The van der Waals surface area contributed by atoms with Crippen LogP contribution in [0, 0.1) is 175 Å². The van der Waals surface area contributed by atoms with E-state index in [4.69, 9.17) is 0 Å². The summed E-state index contributed by atoms with van der Waals surface area (Å²) in [4.78, 5) is -10.0. The van der Waals surface area contributed by atoms with Gasteiger partial charge in [0.15, 0.2) is 140 Å². The molecule has 52 heteroatoms. The van der Waals surface area contributed by atoms with Crippen molar-refractivity contribution in [2.24, 2.45) is 0 Å². The summed E-state index contributed by atoms with van der Waals surface area (Å²) in [7, 11) is 0. The molecule has 0 fully saturated rings. The van der Waals surface area contributed by atoms with Gasteiger partial charge in [0, 0.05) is 0 Å². The summed E-state index contributed by atoms with van der Waals surface area (Å²) in [6.07, 6.45) is -46.6. The number of nitrogens with zero attached hydrogens (tertiary/aromatic N) is 4. The van der Waals surface area contributed by atoms with Crippen LogP contribution >= 0.6 is 0 Å². The van der Waals surface area contributed by atoms with Gasteiger partial charge >= 0.3 is 37.1 Å². The van der Waals surface area contributed by atoms with Gasteiger partial charge in [-0.05, 0) is 36.4 Å². The third-order valence-corrected chi connectivity index (χ3v) is 15.1. The minimum Gasteiger partial charge on any atom is -0.309 e. The molecule has 0 aliphatic heterocycles. The van der Waals surface area contributed by atoms with Crippen molar-refractivity contribution in [1.82, 2.24) is 0 Å².